The van der Waals surface area contributed by atoms with E-state index >= 15 is 0 Å². The molecule has 1 fully saturated rings. The van der Waals surface area contributed by atoms with Crippen LogP contribution in [0.1, 0.15) is 55.2 Å². The fourth-order valence-corrected chi connectivity index (χ4v) is 4.48. The Morgan fingerprint density at radius 2 is 1.37 bits per heavy atom. The van der Waals surface area contributed by atoms with E-state index in [9.17, 15) is 19.5 Å². The Labute approximate surface area is 240 Å². The Morgan fingerprint density at radius 1 is 0.829 bits per heavy atom. The molecule has 10 heteroatoms. The molecule has 0 saturated carbocycles. The van der Waals surface area contributed by atoms with Crippen LogP contribution >= 0.6 is 0 Å². The van der Waals surface area contributed by atoms with Crippen molar-refractivity contribution in [1.29, 1.82) is 0 Å². The van der Waals surface area contributed by atoms with E-state index in [2.05, 4.69) is 10.6 Å². The minimum atomic E-state index is -1.70. The normalized spacial score (nSPS) is 17.7. The average molecular weight is 557 g/mol. The van der Waals surface area contributed by atoms with Gasteiger partial charge in [0.1, 0.15) is 6.04 Å². The molecule has 0 aromatic heterocycles. The molecule has 1 aliphatic rings. The fourth-order valence-electron chi connectivity index (χ4n) is 4.48. The lowest BCUT2D eigenvalue weighted by Crippen LogP contribution is -2.52. The van der Waals surface area contributed by atoms with Gasteiger partial charge < -0.3 is 30.8 Å². The van der Waals surface area contributed by atoms with E-state index in [1.807, 2.05) is 52.0 Å². The predicted molar refractivity (Wildman–Crippen MR) is 156 cm³/mol. The van der Waals surface area contributed by atoms with Gasteiger partial charge in [0.15, 0.2) is 6.10 Å². The highest BCUT2D eigenvalue weighted by Gasteiger charge is 2.51. The number of rotatable bonds is 10. The number of nitrogens with one attached hydrogen (secondary N) is 2. The number of nitrogens with two attached hydrogens (primary N) is 1. The van der Waals surface area contributed by atoms with Gasteiger partial charge in [0.05, 0.1) is 17.2 Å². The number of primary amides is 1. The van der Waals surface area contributed by atoms with E-state index in [0.29, 0.717) is 11.1 Å². The van der Waals surface area contributed by atoms with Crippen molar-refractivity contribution in [3.05, 3.63) is 102 Å². The van der Waals surface area contributed by atoms with Gasteiger partial charge in [-0.2, -0.15) is 0 Å². The van der Waals surface area contributed by atoms with Crippen LogP contribution < -0.4 is 21.8 Å². The second kappa shape index (κ2) is 12.3. The van der Waals surface area contributed by atoms with Crippen molar-refractivity contribution in [3.63, 3.8) is 0 Å². The van der Waals surface area contributed by atoms with E-state index in [1.54, 1.807) is 60.7 Å². The molecule has 0 radical (unpaired) electrons. The Kier molecular flexibility index (Phi) is 8.97. The number of hydrogen-bond acceptors (Lipinski definition) is 6. The number of carbonyl (C=O) groups is 3. The molecular weight excluding hydrogens is 521 g/mol. The molecule has 0 unspecified atom stereocenters. The molecular formula is C31H36BN3O6. The van der Waals surface area contributed by atoms with Crippen LogP contribution in [0.4, 0.5) is 0 Å². The van der Waals surface area contributed by atoms with Crippen molar-refractivity contribution in [3.8, 4) is 0 Å². The maximum absolute atomic E-state index is 13.2. The van der Waals surface area contributed by atoms with E-state index < -0.39 is 54.2 Å². The summed E-state index contributed by atoms with van der Waals surface area (Å²) in [5.74, 6) is -2.06. The smallest absolute Gasteiger partial charge is 0.399 e. The Morgan fingerprint density at radius 3 is 1.90 bits per heavy atom. The van der Waals surface area contributed by atoms with Crippen molar-refractivity contribution < 1.29 is 28.8 Å². The molecule has 5 N–H and O–H groups in total. The summed E-state index contributed by atoms with van der Waals surface area (Å²) < 4.78 is 12.2. The second-order valence-electron chi connectivity index (χ2n) is 11.2. The van der Waals surface area contributed by atoms with Gasteiger partial charge in [0, 0.05) is 12.0 Å². The highest BCUT2D eigenvalue weighted by molar-refractivity contribution is 6.62. The maximum atomic E-state index is 13.2. The lowest BCUT2D eigenvalue weighted by atomic mass is 9.78. The Hall–Kier alpha value is -3.99. The largest absolute Gasteiger partial charge is 0.494 e. The zero-order valence-electron chi connectivity index (χ0n) is 23.7. The number of aliphatic hydroxyl groups excluding tert-OH is 1. The Bertz CT molecular complexity index is 1350. The molecule has 41 heavy (non-hydrogen) atoms. The van der Waals surface area contributed by atoms with Crippen LogP contribution in [0.25, 0.3) is 0 Å². The third-order valence-corrected chi connectivity index (χ3v) is 7.67. The molecule has 3 atom stereocenters. The lowest BCUT2D eigenvalue weighted by molar-refractivity contribution is -0.134. The third-order valence-electron chi connectivity index (χ3n) is 7.67. The summed E-state index contributed by atoms with van der Waals surface area (Å²) in [7, 11) is -0.531. The zero-order valence-corrected chi connectivity index (χ0v) is 23.7. The van der Waals surface area contributed by atoms with Crippen LogP contribution in [-0.4, -0.2) is 53.3 Å². The summed E-state index contributed by atoms with van der Waals surface area (Å²) in [6, 6.07) is 22.3. The highest BCUT2D eigenvalue weighted by Crippen LogP contribution is 2.36. The zero-order chi connectivity index (χ0) is 29.8. The van der Waals surface area contributed by atoms with Crippen molar-refractivity contribution in [2.24, 2.45) is 5.73 Å². The van der Waals surface area contributed by atoms with Gasteiger partial charge >= 0.3 is 7.12 Å². The SMILES string of the molecule is CC1(C)OB(c2ccc(C[C@@H](NC(=O)[C@H](O)[C@@H](NC(=O)c3ccccc3)c3ccccc3)C(N)=O)cc2)OC1(C)C. The third kappa shape index (κ3) is 7.03. The fraction of sp³-hybridized carbons (Fsp3) is 0.323. The van der Waals surface area contributed by atoms with Crippen LogP contribution in [0.2, 0.25) is 0 Å². The summed E-state index contributed by atoms with van der Waals surface area (Å²) in [4.78, 5) is 38.4. The minimum absolute atomic E-state index is 0.101. The van der Waals surface area contributed by atoms with Gasteiger partial charge in [-0.1, -0.05) is 72.8 Å². The second-order valence-corrected chi connectivity index (χ2v) is 11.2. The summed E-state index contributed by atoms with van der Waals surface area (Å²) >= 11 is 0. The highest BCUT2D eigenvalue weighted by atomic mass is 16.7. The first-order valence-electron chi connectivity index (χ1n) is 13.5. The van der Waals surface area contributed by atoms with Crippen molar-refractivity contribution in [2.75, 3.05) is 0 Å². The van der Waals surface area contributed by atoms with Gasteiger partial charge in [0.2, 0.25) is 5.91 Å². The van der Waals surface area contributed by atoms with Gasteiger partial charge in [-0.15, -0.1) is 0 Å². The molecule has 3 aromatic rings. The van der Waals surface area contributed by atoms with Crippen LogP contribution in [0.5, 0.6) is 0 Å². The number of aliphatic hydroxyl groups is 1. The average Bonchev–Trinajstić information content (AvgIpc) is 3.18. The minimum Gasteiger partial charge on any atom is -0.399 e. The van der Waals surface area contributed by atoms with Crippen LogP contribution in [0.3, 0.4) is 0 Å². The molecule has 0 spiro atoms. The first kappa shape index (κ1) is 30.0. The number of benzene rings is 3. The lowest BCUT2D eigenvalue weighted by Gasteiger charge is -2.32. The van der Waals surface area contributed by atoms with Gasteiger partial charge in [-0.05, 0) is 56.4 Å². The molecule has 0 aliphatic carbocycles. The van der Waals surface area contributed by atoms with Crippen LogP contribution in [0.15, 0.2) is 84.9 Å². The molecule has 1 saturated heterocycles. The standard InChI is InChI=1S/C31H36BN3O6/c1-30(2)31(3,4)41-32(40-30)23-17-15-20(16-18-23)19-24(27(33)37)34-29(39)26(36)25(21-11-7-5-8-12-21)35-28(38)22-13-9-6-10-14-22/h5-18,24-26,36H,19H2,1-4H3,(H2,33,37)(H,34,39)(H,35,38)/t24-,25+,26-/m1/s1. The van der Waals surface area contributed by atoms with E-state index in [4.69, 9.17) is 15.0 Å². The monoisotopic (exact) mass is 557 g/mol. The number of hydrogen-bond donors (Lipinski definition) is 4. The van der Waals surface area contributed by atoms with Gasteiger partial charge in [-0.3, -0.25) is 14.4 Å². The van der Waals surface area contributed by atoms with Crippen molar-refractivity contribution >= 4 is 30.3 Å². The molecule has 3 aromatic carbocycles. The summed E-state index contributed by atoms with van der Waals surface area (Å²) in [5.41, 5.74) is 7.13. The molecule has 1 aliphatic heterocycles. The maximum Gasteiger partial charge on any atom is 0.494 e. The van der Waals surface area contributed by atoms with E-state index in [-0.39, 0.29) is 6.42 Å². The van der Waals surface area contributed by atoms with E-state index in [0.717, 1.165) is 11.0 Å². The first-order chi connectivity index (χ1) is 19.4. The van der Waals surface area contributed by atoms with Gasteiger partial charge in [-0.25, -0.2) is 0 Å². The Balaban J connectivity index is 1.45. The van der Waals surface area contributed by atoms with Crippen molar-refractivity contribution in [2.45, 2.75) is 63.5 Å². The molecule has 214 valence electrons. The van der Waals surface area contributed by atoms with Crippen LogP contribution in [-0.2, 0) is 25.3 Å². The van der Waals surface area contributed by atoms with Crippen molar-refractivity contribution in [1.82, 2.24) is 10.6 Å². The number of carbonyl (C=O) groups excluding carboxylic acids is 3. The predicted octanol–water partition coefficient (Wildman–Crippen LogP) is 2.03. The summed E-state index contributed by atoms with van der Waals surface area (Å²) in [5, 5.41) is 16.4. The topological polar surface area (TPSA) is 140 Å². The first-order valence-corrected chi connectivity index (χ1v) is 13.5. The summed E-state index contributed by atoms with van der Waals surface area (Å²) in [6.07, 6.45) is -1.60. The molecule has 3 amide bonds. The number of amides is 3. The summed E-state index contributed by atoms with van der Waals surface area (Å²) in [6.45, 7) is 7.91. The molecule has 9 nitrogen and oxygen atoms in total. The van der Waals surface area contributed by atoms with Gasteiger partial charge in [0.25, 0.3) is 11.8 Å². The quantitative estimate of drug-likeness (QED) is 0.282. The van der Waals surface area contributed by atoms with E-state index in [1.165, 1.54) is 0 Å². The van der Waals surface area contributed by atoms with Crippen LogP contribution in [0, 0.1) is 0 Å². The molecule has 1 heterocycles. The molecule has 4 rings (SSSR count). The molecule has 0 bridgehead atoms.